The Morgan fingerprint density at radius 2 is 2.43 bits per heavy atom. The second-order valence-corrected chi connectivity index (χ2v) is 2.60. The van der Waals surface area contributed by atoms with Crippen LogP contribution in [0.1, 0.15) is 16.2 Å². The molecule has 0 atom stereocenters. The number of nitrogens with one attached hydrogen (secondary N) is 1. The second kappa shape index (κ2) is 5.36. The van der Waals surface area contributed by atoms with Gasteiger partial charge < -0.3 is 9.26 Å². The molecule has 6 heteroatoms. The lowest BCUT2D eigenvalue weighted by atomic mass is 10.4. The molecule has 0 saturated heterocycles. The van der Waals surface area contributed by atoms with Gasteiger partial charge in [-0.25, -0.2) is 5.48 Å². The molecule has 0 unspecified atom stereocenters. The zero-order chi connectivity index (χ0) is 10.4. The molecule has 0 aliphatic rings. The van der Waals surface area contributed by atoms with E-state index >= 15 is 0 Å². The number of carbonyl (C=O) groups is 1. The third-order valence-electron chi connectivity index (χ3n) is 1.41. The van der Waals surface area contributed by atoms with Crippen LogP contribution in [0.2, 0.25) is 0 Å². The highest BCUT2D eigenvalue weighted by Gasteiger charge is 2.10. The van der Waals surface area contributed by atoms with Crippen molar-refractivity contribution in [3.63, 3.8) is 0 Å². The molecule has 1 heterocycles. The molecule has 0 radical (unpaired) electrons. The van der Waals surface area contributed by atoms with Gasteiger partial charge in [-0.15, -0.1) is 0 Å². The fourth-order valence-electron chi connectivity index (χ4n) is 0.762. The second-order valence-electron chi connectivity index (χ2n) is 2.60. The van der Waals surface area contributed by atoms with E-state index in [-0.39, 0.29) is 12.4 Å². The molecule has 1 aromatic rings. The van der Waals surface area contributed by atoms with Crippen molar-refractivity contribution in [2.75, 3.05) is 20.3 Å². The van der Waals surface area contributed by atoms with Crippen LogP contribution in [0, 0.1) is 6.92 Å². The molecule has 0 saturated carbocycles. The van der Waals surface area contributed by atoms with Gasteiger partial charge in [-0.1, -0.05) is 5.16 Å². The van der Waals surface area contributed by atoms with Crippen LogP contribution in [0.4, 0.5) is 0 Å². The summed E-state index contributed by atoms with van der Waals surface area (Å²) >= 11 is 0. The smallest absolute Gasteiger partial charge is 0.313 e. The van der Waals surface area contributed by atoms with Gasteiger partial charge in [-0.2, -0.15) is 0 Å². The summed E-state index contributed by atoms with van der Waals surface area (Å²) in [5.41, 5.74) is 2.84. The van der Waals surface area contributed by atoms with Gasteiger partial charge >= 0.3 is 5.91 Å². The fourth-order valence-corrected chi connectivity index (χ4v) is 0.762. The van der Waals surface area contributed by atoms with Crippen molar-refractivity contribution in [3.8, 4) is 0 Å². The minimum Gasteiger partial charge on any atom is -0.382 e. The molecule has 14 heavy (non-hydrogen) atoms. The standard InChI is InChI=1S/C8H12N2O4/c1-6-5-7(14-9-6)8(11)10-13-4-3-12-2/h5H,3-4H2,1-2H3,(H,10,11). The SMILES string of the molecule is COCCONC(=O)c1cc(C)no1. The number of rotatable bonds is 5. The molecule has 0 bridgehead atoms. The topological polar surface area (TPSA) is 73.6 Å². The summed E-state index contributed by atoms with van der Waals surface area (Å²) in [4.78, 5) is 16.0. The van der Waals surface area contributed by atoms with Crippen LogP contribution in [-0.2, 0) is 9.57 Å². The highest BCUT2D eigenvalue weighted by atomic mass is 16.7. The van der Waals surface area contributed by atoms with Crippen LogP contribution in [0.3, 0.4) is 0 Å². The van der Waals surface area contributed by atoms with E-state index in [2.05, 4.69) is 10.6 Å². The van der Waals surface area contributed by atoms with Gasteiger partial charge in [0, 0.05) is 13.2 Å². The lowest BCUT2D eigenvalue weighted by Crippen LogP contribution is -2.24. The molecule has 0 aliphatic carbocycles. The van der Waals surface area contributed by atoms with Crippen LogP contribution < -0.4 is 5.48 Å². The Kier molecular flexibility index (Phi) is 4.09. The third kappa shape index (κ3) is 3.15. The van der Waals surface area contributed by atoms with Crippen LogP contribution in [0.15, 0.2) is 10.6 Å². The van der Waals surface area contributed by atoms with E-state index in [0.717, 1.165) is 0 Å². The van der Waals surface area contributed by atoms with Gasteiger partial charge in [-0.05, 0) is 6.92 Å². The van der Waals surface area contributed by atoms with Crippen molar-refractivity contribution >= 4 is 5.91 Å². The van der Waals surface area contributed by atoms with E-state index < -0.39 is 5.91 Å². The van der Waals surface area contributed by atoms with E-state index in [4.69, 9.17) is 14.1 Å². The van der Waals surface area contributed by atoms with Crippen LogP contribution in [-0.4, -0.2) is 31.4 Å². The molecule has 0 aromatic carbocycles. The molecule has 1 amide bonds. The normalized spacial score (nSPS) is 10.1. The van der Waals surface area contributed by atoms with Gasteiger partial charge in [0.25, 0.3) is 0 Å². The van der Waals surface area contributed by atoms with Crippen LogP contribution >= 0.6 is 0 Å². The maximum absolute atomic E-state index is 11.2. The van der Waals surface area contributed by atoms with Crippen molar-refractivity contribution < 1.29 is 18.9 Å². The van der Waals surface area contributed by atoms with Crippen molar-refractivity contribution in [2.45, 2.75) is 6.92 Å². The Bertz CT molecular complexity index is 297. The molecule has 1 aromatic heterocycles. The third-order valence-corrected chi connectivity index (χ3v) is 1.41. The molecule has 0 fully saturated rings. The number of hydroxylamine groups is 1. The number of hydrogen-bond acceptors (Lipinski definition) is 5. The largest absolute Gasteiger partial charge is 0.382 e. The van der Waals surface area contributed by atoms with Gasteiger partial charge in [0.1, 0.15) is 0 Å². The van der Waals surface area contributed by atoms with E-state index in [0.29, 0.717) is 12.3 Å². The Labute approximate surface area is 81.1 Å². The lowest BCUT2D eigenvalue weighted by Gasteiger charge is -2.01. The van der Waals surface area contributed by atoms with E-state index in [1.165, 1.54) is 6.07 Å². The average Bonchev–Trinajstić information content (AvgIpc) is 2.59. The summed E-state index contributed by atoms with van der Waals surface area (Å²) in [5, 5.41) is 3.57. The van der Waals surface area contributed by atoms with Gasteiger partial charge in [0.15, 0.2) is 0 Å². The van der Waals surface area contributed by atoms with Crippen LogP contribution in [0.5, 0.6) is 0 Å². The number of carbonyl (C=O) groups excluding carboxylic acids is 1. The number of amides is 1. The monoisotopic (exact) mass is 200 g/mol. The molecule has 6 nitrogen and oxygen atoms in total. The summed E-state index contributed by atoms with van der Waals surface area (Å²) in [7, 11) is 1.55. The summed E-state index contributed by atoms with van der Waals surface area (Å²) in [6, 6.07) is 1.52. The van der Waals surface area contributed by atoms with Crippen molar-refractivity contribution in [3.05, 3.63) is 17.5 Å². The Morgan fingerprint density at radius 1 is 1.64 bits per heavy atom. The molecular weight excluding hydrogens is 188 g/mol. The molecule has 0 spiro atoms. The number of aromatic nitrogens is 1. The van der Waals surface area contributed by atoms with E-state index in [1.807, 2.05) is 0 Å². The average molecular weight is 200 g/mol. The molecule has 1 N–H and O–H groups in total. The lowest BCUT2D eigenvalue weighted by molar-refractivity contribution is 0.00692. The first-order valence-electron chi connectivity index (χ1n) is 4.08. The quantitative estimate of drug-likeness (QED) is 0.546. The van der Waals surface area contributed by atoms with Gasteiger partial charge in [-0.3, -0.25) is 9.63 Å². The number of hydrogen-bond donors (Lipinski definition) is 1. The highest BCUT2D eigenvalue weighted by molar-refractivity contribution is 5.90. The van der Waals surface area contributed by atoms with Gasteiger partial charge in [0.2, 0.25) is 5.76 Å². The van der Waals surface area contributed by atoms with E-state index in [1.54, 1.807) is 14.0 Å². The summed E-state index contributed by atoms with van der Waals surface area (Å²) in [6.07, 6.45) is 0. The first-order valence-corrected chi connectivity index (χ1v) is 4.08. The number of aryl methyl sites for hydroxylation is 1. The molecular formula is C8H12N2O4. The minimum atomic E-state index is -0.457. The van der Waals surface area contributed by atoms with E-state index in [9.17, 15) is 4.79 Å². The Balaban J connectivity index is 2.29. The van der Waals surface area contributed by atoms with Crippen molar-refractivity contribution in [1.29, 1.82) is 0 Å². The Hall–Kier alpha value is -1.40. The summed E-state index contributed by atoms with van der Waals surface area (Å²) in [5.74, 6) is -0.332. The first-order chi connectivity index (χ1) is 6.74. The predicted molar refractivity (Wildman–Crippen MR) is 46.5 cm³/mol. The maximum atomic E-state index is 11.2. The van der Waals surface area contributed by atoms with Crippen LogP contribution in [0.25, 0.3) is 0 Å². The number of nitrogens with zero attached hydrogens (tertiary/aromatic N) is 1. The zero-order valence-electron chi connectivity index (χ0n) is 8.07. The maximum Gasteiger partial charge on any atom is 0.313 e. The summed E-state index contributed by atoms with van der Waals surface area (Å²) < 4.78 is 9.43. The zero-order valence-corrected chi connectivity index (χ0v) is 8.07. The predicted octanol–water partition coefficient (Wildman–Crippen LogP) is 0.291. The fraction of sp³-hybridized carbons (Fsp3) is 0.500. The summed E-state index contributed by atoms with van der Waals surface area (Å²) in [6.45, 7) is 2.43. The minimum absolute atomic E-state index is 0.125. The number of methoxy groups -OCH3 is 1. The molecule has 78 valence electrons. The van der Waals surface area contributed by atoms with Crippen molar-refractivity contribution in [1.82, 2.24) is 10.6 Å². The Morgan fingerprint density at radius 3 is 3.00 bits per heavy atom. The molecule has 0 aliphatic heterocycles. The first kappa shape index (κ1) is 10.7. The van der Waals surface area contributed by atoms with Gasteiger partial charge in [0.05, 0.1) is 18.9 Å². The highest BCUT2D eigenvalue weighted by Crippen LogP contribution is 2.00. The molecule has 1 rings (SSSR count). The number of ether oxygens (including phenoxy) is 1. The van der Waals surface area contributed by atoms with Crippen molar-refractivity contribution in [2.24, 2.45) is 0 Å².